The number of unbranched alkanes of at least 4 members (excludes halogenated alkanes) is 16. The van der Waals surface area contributed by atoms with E-state index in [9.17, 15) is 43.4 Å². The Morgan fingerprint density at radius 1 is 0.646 bits per heavy atom. The number of carbonyl (C=O) groups is 2. The number of esters is 2. The van der Waals surface area contributed by atoms with Gasteiger partial charge < -0.3 is 38.3 Å². The first kappa shape index (κ1) is 72.4. The molecule has 0 spiro atoms. The number of ether oxygens (including phenoxy) is 3. The van der Waals surface area contributed by atoms with Gasteiger partial charge in [0, 0.05) is 25.1 Å². The molecular formula is C61H101N3O16P2. The molecule has 2 heterocycles. The molecule has 0 amide bonds. The molecule has 3 aromatic rings. The van der Waals surface area contributed by atoms with Crippen LogP contribution >= 0.6 is 15.6 Å². The third-order valence-electron chi connectivity index (χ3n) is 14.8. The first-order chi connectivity index (χ1) is 39.2. The normalized spacial score (nSPS) is 18.4. The van der Waals surface area contributed by atoms with Gasteiger partial charge in [-0.25, -0.2) is 13.7 Å². The highest BCUT2D eigenvalue weighted by Crippen LogP contribution is 2.63. The summed E-state index contributed by atoms with van der Waals surface area (Å²) in [5, 5.41) is 22.1. The Morgan fingerprint density at radius 2 is 1.04 bits per heavy atom. The number of rotatable bonds is 42. The summed E-state index contributed by atoms with van der Waals surface area (Å²) >= 11 is 0. The molecule has 1 aliphatic heterocycles. The number of hydrogen-bond acceptors (Lipinski definition) is 16. The van der Waals surface area contributed by atoms with Gasteiger partial charge in [-0.1, -0.05) is 169 Å². The second kappa shape index (κ2) is 39.0. The summed E-state index contributed by atoms with van der Waals surface area (Å²) < 4.78 is 67.5. The second-order valence-electron chi connectivity index (χ2n) is 22.1. The number of benzene rings is 2. The number of phosphoric ester groups is 2. The number of aliphatic hydroxyl groups is 2. The van der Waals surface area contributed by atoms with Crippen molar-refractivity contribution in [2.75, 3.05) is 26.2 Å². The zero-order valence-electron chi connectivity index (χ0n) is 50.7. The zero-order valence-corrected chi connectivity index (χ0v) is 52.5. The Hall–Kier alpha value is -3.84. The molecule has 3 N–H and O–H groups in total. The Kier molecular flexibility index (Phi) is 34.4. The minimum atomic E-state index is -5.69. The Balaban J connectivity index is 0.000000892. The molecule has 19 nitrogen and oxygen atoms in total. The van der Waals surface area contributed by atoms with E-state index in [4.69, 9.17) is 32.1 Å². The predicted molar refractivity (Wildman–Crippen MR) is 317 cm³/mol. The molecular weight excluding hydrogens is 1090 g/mol. The number of hydrogen-bond donors (Lipinski definition) is 3. The number of carbonyl (C=O) groups excluding carboxylic acids is 2. The standard InChI is InChI=1S/C45H66N2O16P2.C16H36N/c1-5-7-9-11-13-15-17-19-39(49)59-36-25-21-34(22-26-36)31-57-65(56,58-32-35-23-27-37(28-24-35)60-40(50)20-18-16-14-12-10-8-6-2)63-64(54,55)62-33(3)41-42(51)45(4,53)43(61-41)47-30-29-38(48)46-44(47)52;1-5-9-13-17(14-10-6-2,15-11-7-3)16-12-8-4/h21-30,33,41-43,51,53H,5-20,31-32H2,1-4H3,(H,54,55)(H,46,48,52);5-16H2,1-4H3/q;+1/p-1/t33-,41+,42+,43+,45+;/m0./s1. The largest absolute Gasteiger partial charge is 0.756 e. The number of nitrogens with one attached hydrogen (secondary N) is 1. The molecule has 0 radical (unpaired) electrons. The summed E-state index contributed by atoms with van der Waals surface area (Å²) in [5.41, 5.74) is -3.15. The third-order valence-corrected chi connectivity index (χ3v) is 17.8. The molecule has 82 heavy (non-hydrogen) atoms. The molecule has 2 aromatic carbocycles. The van der Waals surface area contributed by atoms with Crippen molar-refractivity contribution in [2.24, 2.45) is 0 Å². The van der Waals surface area contributed by atoms with Crippen LogP contribution in [0.1, 0.15) is 227 Å². The van der Waals surface area contributed by atoms with Crippen molar-refractivity contribution in [1.29, 1.82) is 0 Å². The molecule has 1 unspecified atom stereocenters. The number of phosphoric acid groups is 2. The van der Waals surface area contributed by atoms with E-state index in [0.717, 1.165) is 82.0 Å². The van der Waals surface area contributed by atoms with Gasteiger partial charge in [-0.05, 0) is 87.8 Å². The van der Waals surface area contributed by atoms with Crippen LogP contribution in [0.15, 0.2) is 70.4 Å². The number of aromatic amines is 1. The van der Waals surface area contributed by atoms with Gasteiger partial charge in [0.2, 0.25) is 0 Å². The predicted octanol–water partition coefficient (Wildman–Crippen LogP) is 13.1. The Bertz CT molecular complexity index is 2350. The van der Waals surface area contributed by atoms with Crippen molar-refractivity contribution in [1.82, 2.24) is 9.55 Å². The zero-order chi connectivity index (χ0) is 60.4. The molecule has 0 saturated carbocycles. The maximum absolute atomic E-state index is 14.1. The molecule has 1 fully saturated rings. The van der Waals surface area contributed by atoms with Gasteiger partial charge in [0.25, 0.3) is 13.4 Å². The third kappa shape index (κ3) is 27.0. The Morgan fingerprint density at radius 3 is 1.43 bits per heavy atom. The van der Waals surface area contributed by atoms with Crippen molar-refractivity contribution < 1.29 is 70.4 Å². The van der Waals surface area contributed by atoms with Crippen LogP contribution in [0.2, 0.25) is 0 Å². The topological polar surface area (TPSA) is 251 Å². The van der Waals surface area contributed by atoms with E-state index in [1.165, 1.54) is 156 Å². The molecule has 1 aromatic heterocycles. The summed E-state index contributed by atoms with van der Waals surface area (Å²) in [4.78, 5) is 64.3. The molecule has 4 rings (SSSR count). The Labute approximate surface area is 489 Å². The van der Waals surface area contributed by atoms with Crippen molar-refractivity contribution in [3.8, 4) is 11.5 Å². The summed E-state index contributed by atoms with van der Waals surface area (Å²) in [6.07, 6.45) is 20.7. The van der Waals surface area contributed by atoms with Gasteiger partial charge in [0.1, 0.15) is 29.3 Å². The van der Waals surface area contributed by atoms with Crippen LogP contribution < -0.4 is 25.6 Å². The smallest absolute Gasteiger partial charge is 0.481 e. The monoisotopic (exact) mass is 1190 g/mol. The highest BCUT2D eigenvalue weighted by Gasteiger charge is 2.56. The van der Waals surface area contributed by atoms with Crippen LogP contribution in [-0.2, 0) is 54.6 Å². The van der Waals surface area contributed by atoms with Crippen molar-refractivity contribution in [3.05, 3.63) is 92.8 Å². The quantitative estimate of drug-likeness (QED) is 0.0157. The first-order valence-electron chi connectivity index (χ1n) is 30.6. The number of aliphatic hydroxyl groups excluding tert-OH is 1. The molecule has 1 saturated heterocycles. The first-order valence-corrected chi connectivity index (χ1v) is 33.5. The lowest BCUT2D eigenvalue weighted by Gasteiger charge is -2.39. The van der Waals surface area contributed by atoms with Gasteiger partial charge >= 0.3 is 25.5 Å². The molecule has 466 valence electrons. The van der Waals surface area contributed by atoms with Crippen LogP contribution in [0.3, 0.4) is 0 Å². The lowest BCUT2D eigenvalue weighted by molar-refractivity contribution is -0.929. The number of quaternary nitrogens is 1. The lowest BCUT2D eigenvalue weighted by Crippen LogP contribution is -2.50. The van der Waals surface area contributed by atoms with Crippen LogP contribution in [0, 0.1) is 0 Å². The van der Waals surface area contributed by atoms with Crippen LogP contribution in [0.25, 0.3) is 0 Å². The van der Waals surface area contributed by atoms with Gasteiger partial charge in [0.05, 0.1) is 45.5 Å². The van der Waals surface area contributed by atoms with Crippen LogP contribution in [0.4, 0.5) is 0 Å². The van der Waals surface area contributed by atoms with Gasteiger partial charge in [0.15, 0.2) is 6.23 Å². The lowest BCUT2D eigenvalue weighted by atomic mass is 9.94. The van der Waals surface area contributed by atoms with Gasteiger partial charge in [-0.15, -0.1) is 0 Å². The minimum Gasteiger partial charge on any atom is -0.756 e. The van der Waals surface area contributed by atoms with E-state index in [0.29, 0.717) is 24.0 Å². The fourth-order valence-electron chi connectivity index (χ4n) is 9.73. The van der Waals surface area contributed by atoms with Crippen molar-refractivity contribution in [2.45, 2.75) is 253 Å². The highest BCUT2D eigenvalue weighted by atomic mass is 31.3. The number of aromatic nitrogens is 2. The molecule has 0 bridgehead atoms. The summed E-state index contributed by atoms with van der Waals surface area (Å²) in [5.74, 6) is -0.245. The molecule has 0 aliphatic carbocycles. The van der Waals surface area contributed by atoms with Crippen molar-refractivity contribution >= 4 is 27.6 Å². The highest BCUT2D eigenvalue weighted by molar-refractivity contribution is 7.61. The average molecular weight is 1190 g/mol. The van der Waals surface area contributed by atoms with E-state index in [1.54, 1.807) is 0 Å². The van der Waals surface area contributed by atoms with Crippen LogP contribution in [-0.4, -0.2) is 86.3 Å². The van der Waals surface area contributed by atoms with Crippen LogP contribution in [0.5, 0.6) is 11.5 Å². The van der Waals surface area contributed by atoms with E-state index >= 15 is 0 Å². The fourth-order valence-corrected chi connectivity index (χ4v) is 12.5. The number of H-pyrrole nitrogens is 1. The SMILES string of the molecule is CCCCCCCCCC(=O)Oc1ccc(COP(=O)(OCc2ccc(OC(=O)CCCCCCCCC)cc2)OP(=O)([O-])O[C@@H](C)[C@H]2O[C@@H](n3ccc(=O)[nH]c3=O)[C@](C)(O)[C@@H]2O)cc1.CCCC[N+](CCCC)(CCCC)CCCC. The van der Waals surface area contributed by atoms with E-state index in [-0.39, 0.29) is 36.3 Å². The second-order valence-corrected chi connectivity index (χ2v) is 25.3. The van der Waals surface area contributed by atoms with Gasteiger partial charge in [-0.3, -0.25) is 37.5 Å². The summed E-state index contributed by atoms with van der Waals surface area (Å²) in [6, 6.07) is 13.0. The van der Waals surface area contributed by atoms with E-state index < -0.39 is 70.2 Å². The maximum Gasteiger partial charge on any atom is 0.481 e. The minimum absolute atomic E-state index is 0.263. The maximum atomic E-state index is 14.1. The van der Waals surface area contributed by atoms with Gasteiger partial charge in [-0.2, -0.15) is 0 Å². The molecule has 1 aliphatic rings. The summed E-state index contributed by atoms with van der Waals surface area (Å²) in [6.45, 7) is 20.6. The fraction of sp³-hybridized carbons (Fsp3) is 0.705. The summed E-state index contributed by atoms with van der Waals surface area (Å²) in [7, 11) is -10.8. The molecule has 6 atom stereocenters. The van der Waals surface area contributed by atoms with Crippen molar-refractivity contribution in [3.63, 3.8) is 0 Å². The number of nitrogens with zero attached hydrogens (tertiary/aromatic N) is 2. The molecule has 21 heteroatoms. The van der Waals surface area contributed by atoms with E-state index in [1.807, 2.05) is 4.98 Å². The average Bonchev–Trinajstić information content (AvgIpc) is 3.28. The van der Waals surface area contributed by atoms with E-state index in [2.05, 4.69) is 41.5 Å².